The maximum absolute atomic E-state index is 11.4. The third kappa shape index (κ3) is 0.889. The Labute approximate surface area is 84.9 Å². The number of rotatable bonds is 0. The first-order valence-electron chi connectivity index (χ1n) is 4.35. The van der Waals surface area contributed by atoms with Crippen LogP contribution in [0.15, 0.2) is 12.1 Å². The largest absolute Gasteiger partial charge is 0.318 e. The molecule has 1 aromatic rings. The van der Waals surface area contributed by atoms with Crippen molar-refractivity contribution in [1.82, 2.24) is 0 Å². The molecule has 70 valence electrons. The van der Waals surface area contributed by atoms with Gasteiger partial charge >= 0.3 is 0 Å². The maximum Gasteiger partial charge on any atom is 0.296 e. The highest BCUT2D eigenvalue weighted by atomic mass is 32.2. The number of carbonyl (C=O) groups excluding carboxylic acids is 2. The molecule has 14 heavy (non-hydrogen) atoms. The smallest absolute Gasteiger partial charge is 0.296 e. The highest BCUT2D eigenvalue weighted by Crippen LogP contribution is 2.38. The molecular weight excluding hydrogens is 198 g/mol. The van der Waals surface area contributed by atoms with E-state index in [1.54, 1.807) is 6.07 Å². The lowest BCUT2D eigenvalue weighted by Gasteiger charge is -2.03. The summed E-state index contributed by atoms with van der Waals surface area (Å²) < 4.78 is 0. The first-order chi connectivity index (χ1) is 6.77. The van der Waals surface area contributed by atoms with Gasteiger partial charge in [0.05, 0.1) is 11.3 Å². The number of amides is 1. The number of fused-ring (bicyclic) bond motifs is 3. The molecule has 2 heterocycles. The van der Waals surface area contributed by atoms with Crippen LogP contribution in [-0.4, -0.2) is 11.7 Å². The maximum atomic E-state index is 11.4. The summed E-state index contributed by atoms with van der Waals surface area (Å²) in [6.07, 6.45) is 0. The Bertz CT molecular complexity index is 467. The number of nitrogens with one attached hydrogen (secondary N) is 1. The Kier molecular flexibility index (Phi) is 1.50. The van der Waals surface area contributed by atoms with Crippen LogP contribution >= 0.6 is 11.8 Å². The number of carbonyl (C=O) groups is 2. The summed E-state index contributed by atoms with van der Waals surface area (Å²) in [4.78, 5) is 22.5. The van der Waals surface area contributed by atoms with Gasteiger partial charge in [0.15, 0.2) is 0 Å². The molecule has 0 fully saturated rings. The highest BCUT2D eigenvalue weighted by Gasteiger charge is 2.31. The Morgan fingerprint density at radius 3 is 2.93 bits per heavy atom. The van der Waals surface area contributed by atoms with Crippen molar-refractivity contribution in [3.63, 3.8) is 0 Å². The molecule has 0 aromatic heterocycles. The van der Waals surface area contributed by atoms with E-state index in [-0.39, 0.29) is 0 Å². The minimum absolute atomic E-state index is 0.403. The number of benzene rings is 1. The van der Waals surface area contributed by atoms with E-state index in [9.17, 15) is 9.59 Å². The normalized spacial score (nSPS) is 18.0. The Hall–Kier alpha value is -1.29. The van der Waals surface area contributed by atoms with E-state index >= 15 is 0 Å². The van der Waals surface area contributed by atoms with Crippen molar-refractivity contribution in [3.8, 4) is 0 Å². The molecule has 3 rings (SSSR count). The number of hydrogen-bond acceptors (Lipinski definition) is 3. The van der Waals surface area contributed by atoms with E-state index in [4.69, 9.17) is 0 Å². The topological polar surface area (TPSA) is 46.2 Å². The van der Waals surface area contributed by atoms with Gasteiger partial charge in [-0.2, -0.15) is 11.8 Å². The summed E-state index contributed by atoms with van der Waals surface area (Å²) in [6.45, 7) is 0. The molecule has 0 saturated heterocycles. The van der Waals surface area contributed by atoms with Crippen LogP contribution in [0.3, 0.4) is 0 Å². The van der Waals surface area contributed by atoms with E-state index < -0.39 is 11.7 Å². The van der Waals surface area contributed by atoms with Crippen molar-refractivity contribution in [1.29, 1.82) is 0 Å². The summed E-state index contributed by atoms with van der Waals surface area (Å²) in [5.74, 6) is 0.976. The molecule has 1 amide bonds. The minimum Gasteiger partial charge on any atom is -0.318 e. The van der Waals surface area contributed by atoms with Crippen molar-refractivity contribution in [2.45, 2.75) is 11.5 Å². The van der Waals surface area contributed by atoms with Crippen molar-refractivity contribution >= 4 is 29.1 Å². The number of hydrogen-bond donors (Lipinski definition) is 1. The van der Waals surface area contributed by atoms with Gasteiger partial charge in [0.1, 0.15) is 0 Å². The monoisotopic (exact) mass is 205 g/mol. The SMILES string of the molecule is O=C1Nc2c(ccc3c2CSC3)C1=O. The second kappa shape index (κ2) is 2.60. The van der Waals surface area contributed by atoms with Crippen LogP contribution in [0, 0.1) is 0 Å². The lowest BCUT2D eigenvalue weighted by atomic mass is 10.0. The molecule has 0 spiro atoms. The zero-order valence-corrected chi connectivity index (χ0v) is 8.11. The van der Waals surface area contributed by atoms with Gasteiger partial charge in [-0.3, -0.25) is 9.59 Å². The Morgan fingerprint density at radius 2 is 2.07 bits per heavy atom. The number of ketones is 1. The molecule has 0 aliphatic carbocycles. The zero-order valence-electron chi connectivity index (χ0n) is 7.29. The van der Waals surface area contributed by atoms with Crippen LogP contribution in [0.5, 0.6) is 0 Å². The Morgan fingerprint density at radius 1 is 1.21 bits per heavy atom. The molecule has 2 aliphatic heterocycles. The third-order valence-corrected chi connectivity index (χ3v) is 3.61. The summed E-state index contributed by atoms with van der Waals surface area (Å²) in [5, 5.41) is 2.65. The van der Waals surface area contributed by atoms with Crippen LogP contribution < -0.4 is 5.32 Å². The van der Waals surface area contributed by atoms with Crippen molar-refractivity contribution in [2.24, 2.45) is 0 Å². The first kappa shape index (κ1) is 8.05. The number of thioether (sulfide) groups is 1. The third-order valence-electron chi connectivity index (χ3n) is 2.60. The van der Waals surface area contributed by atoms with Gasteiger partial charge in [-0.05, 0) is 17.2 Å². The van der Waals surface area contributed by atoms with E-state index in [1.165, 1.54) is 5.56 Å². The van der Waals surface area contributed by atoms with Gasteiger partial charge < -0.3 is 5.32 Å². The summed E-state index contributed by atoms with van der Waals surface area (Å²) >= 11 is 1.81. The van der Waals surface area contributed by atoms with Crippen LogP contribution in [0.4, 0.5) is 5.69 Å². The molecule has 0 radical (unpaired) electrons. The summed E-state index contributed by atoms with van der Waals surface area (Å²) in [7, 11) is 0. The quantitative estimate of drug-likeness (QED) is 0.654. The van der Waals surface area contributed by atoms with Crippen molar-refractivity contribution in [2.75, 3.05) is 5.32 Å². The molecular formula is C10H7NO2S. The standard InChI is InChI=1S/C10H7NO2S/c12-9-6-2-1-5-3-14-4-7(5)8(6)11-10(9)13/h1-2H,3-4H2,(H,11,12,13). The number of Topliss-reactive ketones (excluding diaryl/α,β-unsaturated/α-hetero) is 1. The average molecular weight is 205 g/mol. The summed E-state index contributed by atoms with van der Waals surface area (Å²) in [5.41, 5.74) is 3.66. The van der Waals surface area contributed by atoms with Gasteiger partial charge in [0.25, 0.3) is 11.7 Å². The van der Waals surface area contributed by atoms with Gasteiger partial charge in [-0.1, -0.05) is 6.07 Å². The lowest BCUT2D eigenvalue weighted by Crippen LogP contribution is -2.12. The van der Waals surface area contributed by atoms with Crippen LogP contribution in [-0.2, 0) is 16.3 Å². The van der Waals surface area contributed by atoms with E-state index in [1.807, 2.05) is 17.8 Å². The predicted octanol–water partition coefficient (Wildman–Crippen LogP) is 1.57. The van der Waals surface area contributed by atoms with Gasteiger partial charge in [0, 0.05) is 11.5 Å². The van der Waals surface area contributed by atoms with E-state index in [2.05, 4.69) is 5.32 Å². The van der Waals surface area contributed by atoms with Gasteiger partial charge in [-0.25, -0.2) is 0 Å². The molecule has 0 atom stereocenters. The predicted molar refractivity (Wildman–Crippen MR) is 54.4 cm³/mol. The second-order valence-corrected chi connectivity index (χ2v) is 4.39. The fraction of sp³-hybridized carbons (Fsp3) is 0.200. The van der Waals surface area contributed by atoms with Crippen LogP contribution in [0.2, 0.25) is 0 Å². The lowest BCUT2D eigenvalue weighted by molar-refractivity contribution is -0.112. The molecule has 2 aliphatic rings. The molecule has 4 heteroatoms. The van der Waals surface area contributed by atoms with Gasteiger partial charge in [0.2, 0.25) is 0 Å². The van der Waals surface area contributed by atoms with E-state index in [0.29, 0.717) is 5.56 Å². The highest BCUT2D eigenvalue weighted by molar-refractivity contribution is 7.98. The molecule has 1 N–H and O–H groups in total. The average Bonchev–Trinajstić information content (AvgIpc) is 2.73. The fourth-order valence-corrected chi connectivity index (χ4v) is 3.01. The van der Waals surface area contributed by atoms with Crippen LogP contribution in [0.25, 0.3) is 0 Å². The van der Waals surface area contributed by atoms with Gasteiger partial charge in [-0.15, -0.1) is 0 Å². The van der Waals surface area contributed by atoms with Crippen molar-refractivity contribution < 1.29 is 9.59 Å². The second-order valence-electron chi connectivity index (χ2n) is 3.40. The molecule has 0 saturated carbocycles. The summed E-state index contributed by atoms with van der Waals surface area (Å²) in [6, 6.07) is 3.70. The van der Waals surface area contributed by atoms with Crippen molar-refractivity contribution in [3.05, 3.63) is 28.8 Å². The molecule has 3 nitrogen and oxygen atoms in total. The van der Waals surface area contributed by atoms with Crippen LogP contribution in [0.1, 0.15) is 21.5 Å². The van der Waals surface area contributed by atoms with E-state index in [0.717, 1.165) is 22.8 Å². The zero-order chi connectivity index (χ0) is 9.71. The Balaban J connectivity index is 2.27. The first-order valence-corrected chi connectivity index (χ1v) is 5.51. The molecule has 0 unspecified atom stereocenters. The molecule has 1 aromatic carbocycles. The fourth-order valence-electron chi connectivity index (χ4n) is 1.88. The minimum atomic E-state index is -0.495. The number of anilines is 1. The molecule has 0 bridgehead atoms.